The van der Waals surface area contributed by atoms with Crippen LogP contribution in [0.5, 0.6) is 0 Å². The van der Waals surface area contributed by atoms with E-state index in [1.54, 1.807) is 22.7 Å². The van der Waals surface area contributed by atoms with Crippen LogP contribution in [-0.2, 0) is 6.54 Å². The van der Waals surface area contributed by atoms with E-state index in [1.165, 1.54) is 16.8 Å². The van der Waals surface area contributed by atoms with E-state index in [4.69, 9.17) is 0 Å². The Labute approximate surface area is 86.0 Å². The van der Waals surface area contributed by atoms with Gasteiger partial charge < -0.3 is 5.32 Å². The van der Waals surface area contributed by atoms with Gasteiger partial charge in [0.1, 0.15) is 0 Å². The SMILES string of the molecule is Cc1cscc1NCc1ccsc1. The molecule has 2 heterocycles. The minimum Gasteiger partial charge on any atom is -0.380 e. The summed E-state index contributed by atoms with van der Waals surface area (Å²) < 4.78 is 0. The maximum absolute atomic E-state index is 3.41. The molecule has 2 aromatic rings. The zero-order chi connectivity index (χ0) is 9.10. The lowest BCUT2D eigenvalue weighted by Crippen LogP contribution is -1.97. The maximum Gasteiger partial charge on any atom is 0.0481 e. The minimum atomic E-state index is 0.932. The Morgan fingerprint density at radius 2 is 2.15 bits per heavy atom. The summed E-state index contributed by atoms with van der Waals surface area (Å²) in [6.07, 6.45) is 0. The average Bonchev–Trinajstić information content (AvgIpc) is 2.72. The summed E-state index contributed by atoms with van der Waals surface area (Å²) in [6.45, 7) is 3.06. The molecule has 0 saturated carbocycles. The van der Waals surface area contributed by atoms with Crippen LogP contribution in [0.4, 0.5) is 5.69 Å². The van der Waals surface area contributed by atoms with Gasteiger partial charge in [-0.15, -0.1) is 11.3 Å². The van der Waals surface area contributed by atoms with Gasteiger partial charge in [-0.1, -0.05) is 0 Å². The van der Waals surface area contributed by atoms with E-state index in [-0.39, 0.29) is 0 Å². The lowest BCUT2D eigenvalue weighted by molar-refractivity contribution is 1.16. The van der Waals surface area contributed by atoms with E-state index in [0.717, 1.165) is 6.54 Å². The summed E-state index contributed by atoms with van der Waals surface area (Å²) in [6, 6.07) is 2.15. The first-order chi connectivity index (χ1) is 6.36. The normalized spacial score (nSPS) is 10.2. The van der Waals surface area contributed by atoms with E-state index in [0.29, 0.717) is 0 Å². The Morgan fingerprint density at radius 3 is 2.77 bits per heavy atom. The van der Waals surface area contributed by atoms with Crippen molar-refractivity contribution in [2.75, 3.05) is 5.32 Å². The fraction of sp³-hybridized carbons (Fsp3) is 0.200. The summed E-state index contributed by atoms with van der Waals surface area (Å²) in [5.74, 6) is 0. The zero-order valence-corrected chi connectivity index (χ0v) is 9.04. The van der Waals surface area contributed by atoms with Crippen molar-refractivity contribution in [1.29, 1.82) is 0 Å². The van der Waals surface area contributed by atoms with Crippen LogP contribution in [0.2, 0.25) is 0 Å². The molecule has 0 amide bonds. The molecule has 13 heavy (non-hydrogen) atoms. The number of hydrogen-bond acceptors (Lipinski definition) is 3. The third-order valence-corrected chi connectivity index (χ3v) is 3.51. The van der Waals surface area contributed by atoms with E-state index in [9.17, 15) is 0 Å². The second-order valence-electron chi connectivity index (χ2n) is 2.95. The molecule has 0 atom stereocenters. The van der Waals surface area contributed by atoms with Gasteiger partial charge in [-0.25, -0.2) is 0 Å². The number of rotatable bonds is 3. The van der Waals surface area contributed by atoms with Crippen molar-refractivity contribution < 1.29 is 0 Å². The first-order valence-corrected chi connectivity index (χ1v) is 6.02. The molecule has 0 unspecified atom stereocenters. The second kappa shape index (κ2) is 3.94. The predicted octanol–water partition coefficient (Wildman–Crippen LogP) is 3.73. The average molecular weight is 209 g/mol. The van der Waals surface area contributed by atoms with E-state index < -0.39 is 0 Å². The smallest absolute Gasteiger partial charge is 0.0481 e. The molecule has 0 saturated heterocycles. The third kappa shape index (κ3) is 2.11. The molecule has 2 rings (SSSR count). The number of aryl methyl sites for hydroxylation is 1. The standard InChI is InChI=1S/C10H11NS2/c1-8-5-13-7-10(8)11-4-9-2-3-12-6-9/h2-3,5-7,11H,4H2,1H3. The largest absolute Gasteiger partial charge is 0.380 e. The number of anilines is 1. The Bertz CT molecular complexity index is 362. The second-order valence-corrected chi connectivity index (χ2v) is 4.48. The lowest BCUT2D eigenvalue weighted by Gasteiger charge is -2.02. The maximum atomic E-state index is 3.41. The molecule has 0 radical (unpaired) electrons. The van der Waals surface area contributed by atoms with Gasteiger partial charge in [-0.2, -0.15) is 11.3 Å². The molecule has 0 aliphatic rings. The van der Waals surface area contributed by atoms with Gasteiger partial charge in [-0.3, -0.25) is 0 Å². The fourth-order valence-electron chi connectivity index (χ4n) is 1.13. The quantitative estimate of drug-likeness (QED) is 0.812. The minimum absolute atomic E-state index is 0.932. The number of nitrogens with one attached hydrogen (secondary N) is 1. The lowest BCUT2D eigenvalue weighted by atomic mass is 10.3. The topological polar surface area (TPSA) is 12.0 Å². The van der Waals surface area contributed by atoms with Crippen molar-refractivity contribution >= 4 is 28.4 Å². The molecule has 0 aliphatic carbocycles. The summed E-state index contributed by atoms with van der Waals surface area (Å²) in [7, 11) is 0. The predicted molar refractivity (Wildman–Crippen MR) is 60.7 cm³/mol. The van der Waals surface area contributed by atoms with Gasteiger partial charge in [0.2, 0.25) is 0 Å². The van der Waals surface area contributed by atoms with Crippen molar-refractivity contribution in [2.45, 2.75) is 13.5 Å². The molecule has 1 N–H and O–H groups in total. The Balaban J connectivity index is 1.97. The van der Waals surface area contributed by atoms with Crippen LogP contribution >= 0.6 is 22.7 Å². The van der Waals surface area contributed by atoms with Crippen molar-refractivity contribution in [3.8, 4) is 0 Å². The molecule has 0 spiro atoms. The van der Waals surface area contributed by atoms with Gasteiger partial charge >= 0.3 is 0 Å². The summed E-state index contributed by atoms with van der Waals surface area (Å²) >= 11 is 3.49. The highest BCUT2D eigenvalue weighted by Gasteiger charge is 1.98. The molecule has 68 valence electrons. The van der Waals surface area contributed by atoms with Crippen LogP contribution in [0, 0.1) is 6.92 Å². The van der Waals surface area contributed by atoms with Crippen molar-refractivity contribution in [2.24, 2.45) is 0 Å². The monoisotopic (exact) mass is 209 g/mol. The molecular weight excluding hydrogens is 198 g/mol. The van der Waals surface area contributed by atoms with Gasteiger partial charge in [0.05, 0.1) is 0 Å². The molecule has 0 aliphatic heterocycles. The van der Waals surface area contributed by atoms with Crippen molar-refractivity contribution in [3.05, 3.63) is 38.7 Å². The van der Waals surface area contributed by atoms with Crippen LogP contribution in [0.15, 0.2) is 27.6 Å². The molecule has 0 bridgehead atoms. The molecule has 3 heteroatoms. The van der Waals surface area contributed by atoms with Crippen molar-refractivity contribution in [3.63, 3.8) is 0 Å². The van der Waals surface area contributed by atoms with Crippen molar-refractivity contribution in [1.82, 2.24) is 0 Å². The third-order valence-electron chi connectivity index (χ3n) is 1.92. The van der Waals surface area contributed by atoms with Gasteiger partial charge in [-0.05, 0) is 40.3 Å². The Kier molecular flexibility index (Phi) is 2.66. The fourth-order valence-corrected chi connectivity index (χ4v) is 2.61. The summed E-state index contributed by atoms with van der Waals surface area (Å²) in [5, 5.41) is 12.0. The molecule has 2 aromatic heterocycles. The van der Waals surface area contributed by atoms with E-state index in [1.807, 2.05) is 0 Å². The van der Waals surface area contributed by atoms with Crippen LogP contribution in [0.1, 0.15) is 11.1 Å². The Hall–Kier alpha value is -0.800. The summed E-state index contributed by atoms with van der Waals surface area (Å²) in [4.78, 5) is 0. The first kappa shape index (κ1) is 8.78. The molecular formula is C10H11NS2. The molecule has 1 nitrogen and oxygen atoms in total. The Morgan fingerprint density at radius 1 is 1.23 bits per heavy atom. The van der Waals surface area contributed by atoms with Gasteiger partial charge in [0, 0.05) is 17.6 Å². The number of thiophene rings is 2. The van der Waals surface area contributed by atoms with Crippen LogP contribution in [0.3, 0.4) is 0 Å². The highest BCUT2D eigenvalue weighted by Crippen LogP contribution is 2.20. The zero-order valence-electron chi connectivity index (χ0n) is 7.41. The van der Waals surface area contributed by atoms with E-state index in [2.05, 4.69) is 39.8 Å². The highest BCUT2D eigenvalue weighted by atomic mass is 32.1. The number of hydrogen-bond donors (Lipinski definition) is 1. The first-order valence-electron chi connectivity index (χ1n) is 4.14. The van der Waals surface area contributed by atoms with Crippen LogP contribution in [0.25, 0.3) is 0 Å². The van der Waals surface area contributed by atoms with Gasteiger partial charge in [0.25, 0.3) is 0 Å². The summed E-state index contributed by atoms with van der Waals surface area (Å²) in [5.41, 5.74) is 3.95. The van der Waals surface area contributed by atoms with Crippen LogP contribution < -0.4 is 5.32 Å². The van der Waals surface area contributed by atoms with Crippen LogP contribution in [-0.4, -0.2) is 0 Å². The highest BCUT2D eigenvalue weighted by molar-refractivity contribution is 7.08. The van der Waals surface area contributed by atoms with E-state index >= 15 is 0 Å². The van der Waals surface area contributed by atoms with Gasteiger partial charge in [0.15, 0.2) is 0 Å². The molecule has 0 aromatic carbocycles. The molecule has 0 fully saturated rings.